The topological polar surface area (TPSA) is 66.4 Å². The summed E-state index contributed by atoms with van der Waals surface area (Å²) in [6, 6.07) is 1.52. The standard InChI is InChI=1S/C9H8F5NO3S/c10-6-2-1-5(3-7(6)11)19(17,18)15-4-8(16)9(12,13)14/h1-3,8,15-16H,4H2. The Morgan fingerprint density at radius 3 is 2.26 bits per heavy atom. The fourth-order valence-corrected chi connectivity index (χ4v) is 2.08. The highest BCUT2D eigenvalue weighted by atomic mass is 32.2. The van der Waals surface area contributed by atoms with Crippen LogP contribution in [0.3, 0.4) is 0 Å². The van der Waals surface area contributed by atoms with Gasteiger partial charge in [0, 0.05) is 6.54 Å². The van der Waals surface area contributed by atoms with Crippen LogP contribution < -0.4 is 4.72 Å². The van der Waals surface area contributed by atoms with E-state index in [1.165, 1.54) is 4.72 Å². The first-order valence-electron chi connectivity index (χ1n) is 4.73. The third-order valence-electron chi connectivity index (χ3n) is 2.05. The first kappa shape index (κ1) is 15.8. The molecule has 1 rings (SSSR count). The van der Waals surface area contributed by atoms with Crippen molar-refractivity contribution in [3.63, 3.8) is 0 Å². The molecule has 0 spiro atoms. The Morgan fingerprint density at radius 2 is 1.79 bits per heavy atom. The third kappa shape index (κ3) is 4.11. The van der Waals surface area contributed by atoms with E-state index in [2.05, 4.69) is 0 Å². The van der Waals surface area contributed by atoms with Crippen molar-refractivity contribution in [1.82, 2.24) is 4.72 Å². The number of halogens is 5. The maximum Gasteiger partial charge on any atom is 0.415 e. The number of aliphatic hydroxyl groups excluding tert-OH is 1. The largest absolute Gasteiger partial charge is 0.415 e. The van der Waals surface area contributed by atoms with Crippen LogP contribution in [0.5, 0.6) is 0 Å². The minimum absolute atomic E-state index is 0.317. The zero-order valence-electron chi connectivity index (χ0n) is 9.08. The van der Waals surface area contributed by atoms with Crippen molar-refractivity contribution >= 4 is 10.0 Å². The molecule has 1 unspecified atom stereocenters. The minimum Gasteiger partial charge on any atom is -0.382 e. The highest BCUT2D eigenvalue weighted by molar-refractivity contribution is 7.89. The Labute approximate surface area is 104 Å². The van der Waals surface area contributed by atoms with E-state index in [1.54, 1.807) is 0 Å². The minimum atomic E-state index is -4.99. The van der Waals surface area contributed by atoms with Gasteiger partial charge < -0.3 is 5.11 Å². The van der Waals surface area contributed by atoms with Crippen molar-refractivity contribution in [3.05, 3.63) is 29.8 Å². The second kappa shape index (κ2) is 5.39. The molecule has 1 aromatic rings. The zero-order chi connectivity index (χ0) is 14.8. The molecular weight excluding hydrogens is 297 g/mol. The summed E-state index contributed by atoms with van der Waals surface area (Å²) >= 11 is 0. The van der Waals surface area contributed by atoms with E-state index in [-0.39, 0.29) is 0 Å². The lowest BCUT2D eigenvalue weighted by Gasteiger charge is -2.15. The molecule has 0 bridgehead atoms. The van der Waals surface area contributed by atoms with Crippen molar-refractivity contribution in [2.45, 2.75) is 17.2 Å². The molecule has 4 nitrogen and oxygen atoms in total. The summed E-state index contributed by atoms with van der Waals surface area (Å²) in [7, 11) is -4.47. The molecule has 0 radical (unpaired) electrons. The maximum atomic E-state index is 12.8. The van der Waals surface area contributed by atoms with Crippen LogP contribution in [0.15, 0.2) is 23.1 Å². The van der Waals surface area contributed by atoms with Crippen molar-refractivity contribution in [2.24, 2.45) is 0 Å². The van der Waals surface area contributed by atoms with Gasteiger partial charge in [-0.1, -0.05) is 0 Å². The molecule has 0 aliphatic rings. The van der Waals surface area contributed by atoms with Gasteiger partial charge in [-0.15, -0.1) is 0 Å². The second-order valence-electron chi connectivity index (χ2n) is 3.49. The number of hydrogen-bond acceptors (Lipinski definition) is 3. The summed E-state index contributed by atoms with van der Waals surface area (Å²) in [5.74, 6) is -2.76. The van der Waals surface area contributed by atoms with Crippen molar-refractivity contribution in [1.29, 1.82) is 0 Å². The van der Waals surface area contributed by atoms with E-state index >= 15 is 0 Å². The normalized spacial score (nSPS) is 14.4. The van der Waals surface area contributed by atoms with Gasteiger partial charge in [0.1, 0.15) is 0 Å². The Hall–Kier alpha value is -1.26. The van der Waals surface area contributed by atoms with Gasteiger partial charge in [-0.05, 0) is 18.2 Å². The van der Waals surface area contributed by atoms with Crippen LogP contribution >= 0.6 is 0 Å². The summed E-state index contributed by atoms with van der Waals surface area (Å²) in [6.07, 6.45) is -7.89. The smallest absolute Gasteiger partial charge is 0.382 e. The monoisotopic (exact) mass is 305 g/mol. The molecule has 2 N–H and O–H groups in total. The first-order chi connectivity index (χ1) is 8.54. The number of benzene rings is 1. The van der Waals surface area contributed by atoms with Gasteiger partial charge in [-0.25, -0.2) is 21.9 Å². The third-order valence-corrected chi connectivity index (χ3v) is 3.47. The number of aliphatic hydroxyl groups is 1. The SMILES string of the molecule is O=S(=O)(NCC(O)C(F)(F)F)c1ccc(F)c(F)c1. The van der Waals surface area contributed by atoms with E-state index in [0.29, 0.717) is 18.2 Å². The van der Waals surface area contributed by atoms with Crippen LogP contribution in [-0.4, -0.2) is 32.3 Å². The molecule has 10 heteroatoms. The van der Waals surface area contributed by atoms with Crippen molar-refractivity contribution < 1.29 is 35.5 Å². The molecule has 0 aliphatic heterocycles. The van der Waals surface area contributed by atoms with Crippen LogP contribution in [0.2, 0.25) is 0 Å². The van der Waals surface area contributed by atoms with Gasteiger partial charge >= 0.3 is 6.18 Å². The Morgan fingerprint density at radius 1 is 1.21 bits per heavy atom. The summed E-state index contributed by atoms with van der Waals surface area (Å²) in [5, 5.41) is 8.61. The first-order valence-corrected chi connectivity index (χ1v) is 6.22. The van der Waals surface area contributed by atoms with Gasteiger partial charge in [0.25, 0.3) is 0 Å². The number of alkyl halides is 3. The van der Waals surface area contributed by atoms with Crippen LogP contribution in [0.4, 0.5) is 22.0 Å². The second-order valence-corrected chi connectivity index (χ2v) is 5.25. The summed E-state index contributed by atoms with van der Waals surface area (Å²) in [5.41, 5.74) is 0. The quantitative estimate of drug-likeness (QED) is 0.821. The van der Waals surface area contributed by atoms with E-state index < -0.39 is 45.4 Å². The van der Waals surface area contributed by atoms with E-state index in [9.17, 15) is 30.4 Å². The Kier molecular flexibility index (Phi) is 4.48. The Bertz CT molecular complexity index is 557. The maximum absolute atomic E-state index is 12.8. The number of hydrogen-bond donors (Lipinski definition) is 2. The zero-order valence-corrected chi connectivity index (χ0v) is 9.89. The Balaban J connectivity index is 2.85. The summed E-state index contributed by atoms with van der Waals surface area (Å²) in [6.45, 7) is -1.33. The van der Waals surface area contributed by atoms with Crippen LogP contribution in [0.25, 0.3) is 0 Å². The average molecular weight is 305 g/mol. The summed E-state index contributed by atoms with van der Waals surface area (Å²) < 4.78 is 85.6. The van der Waals surface area contributed by atoms with Gasteiger partial charge in [0.05, 0.1) is 4.90 Å². The van der Waals surface area contributed by atoms with Gasteiger partial charge in [0.2, 0.25) is 10.0 Å². The van der Waals surface area contributed by atoms with Crippen LogP contribution in [0, 0.1) is 11.6 Å². The average Bonchev–Trinajstić information content (AvgIpc) is 2.28. The van der Waals surface area contributed by atoms with E-state index in [1.807, 2.05) is 0 Å². The van der Waals surface area contributed by atoms with Crippen molar-refractivity contribution in [2.75, 3.05) is 6.54 Å². The lowest BCUT2D eigenvalue weighted by Crippen LogP contribution is -2.40. The molecule has 0 fully saturated rings. The lowest BCUT2D eigenvalue weighted by molar-refractivity contribution is -0.200. The highest BCUT2D eigenvalue weighted by Gasteiger charge is 2.38. The predicted octanol–water partition coefficient (Wildman–Crippen LogP) is 1.17. The molecule has 108 valence electrons. The van der Waals surface area contributed by atoms with Crippen molar-refractivity contribution in [3.8, 4) is 0 Å². The molecule has 0 saturated heterocycles. The fourth-order valence-electron chi connectivity index (χ4n) is 1.03. The summed E-state index contributed by atoms with van der Waals surface area (Å²) in [4.78, 5) is -0.749. The molecule has 1 aromatic carbocycles. The van der Waals surface area contributed by atoms with E-state index in [4.69, 9.17) is 5.11 Å². The van der Waals surface area contributed by atoms with E-state index in [0.717, 1.165) is 0 Å². The molecule has 0 aliphatic carbocycles. The lowest BCUT2D eigenvalue weighted by atomic mass is 10.3. The fraction of sp³-hybridized carbons (Fsp3) is 0.333. The van der Waals surface area contributed by atoms with Gasteiger partial charge in [-0.2, -0.15) is 13.2 Å². The highest BCUT2D eigenvalue weighted by Crippen LogP contribution is 2.20. The molecule has 0 amide bonds. The van der Waals surface area contributed by atoms with Crippen LogP contribution in [0.1, 0.15) is 0 Å². The molecule has 0 heterocycles. The molecule has 0 aromatic heterocycles. The van der Waals surface area contributed by atoms with Gasteiger partial charge in [0.15, 0.2) is 17.7 Å². The molecule has 0 saturated carbocycles. The molecule has 1 atom stereocenters. The predicted molar refractivity (Wildman–Crippen MR) is 53.6 cm³/mol. The number of rotatable bonds is 4. The number of sulfonamides is 1. The molecule has 19 heavy (non-hydrogen) atoms. The number of nitrogens with one attached hydrogen (secondary N) is 1. The van der Waals surface area contributed by atoms with Gasteiger partial charge in [-0.3, -0.25) is 0 Å². The van der Waals surface area contributed by atoms with Crippen LogP contribution in [-0.2, 0) is 10.0 Å². The molecular formula is C9H8F5NO3S.